The topological polar surface area (TPSA) is 80.1 Å². The molecule has 3 heterocycles. The van der Waals surface area contributed by atoms with Gasteiger partial charge in [0, 0.05) is 38.8 Å². The monoisotopic (exact) mass is 363 g/mol. The van der Waals surface area contributed by atoms with E-state index in [-0.39, 0.29) is 11.8 Å². The van der Waals surface area contributed by atoms with Crippen molar-refractivity contribution in [3.8, 4) is 0 Å². The van der Waals surface area contributed by atoms with E-state index in [2.05, 4.69) is 27.4 Å². The summed E-state index contributed by atoms with van der Waals surface area (Å²) in [5, 5.41) is 2.78. The molecule has 1 aromatic carbocycles. The van der Waals surface area contributed by atoms with Crippen LogP contribution in [0.25, 0.3) is 11.2 Å². The first-order valence-electron chi connectivity index (χ1n) is 9.11. The first-order chi connectivity index (χ1) is 13.2. The fourth-order valence-electron chi connectivity index (χ4n) is 3.28. The van der Waals surface area contributed by atoms with Crippen LogP contribution in [0.2, 0.25) is 0 Å². The Balaban J connectivity index is 1.50. The molecule has 1 fully saturated rings. The van der Waals surface area contributed by atoms with Crippen LogP contribution >= 0.6 is 0 Å². The number of carbonyl (C=O) groups is 2. The molecule has 0 atom stereocenters. The largest absolute Gasteiger partial charge is 0.354 e. The van der Waals surface area contributed by atoms with E-state index in [9.17, 15) is 9.59 Å². The molecule has 2 aromatic heterocycles. The van der Waals surface area contributed by atoms with E-state index in [1.54, 1.807) is 23.5 Å². The van der Waals surface area contributed by atoms with Crippen LogP contribution in [0.15, 0.2) is 48.9 Å². The van der Waals surface area contributed by atoms with Gasteiger partial charge in [-0.1, -0.05) is 30.3 Å². The molecule has 27 heavy (non-hydrogen) atoms. The zero-order chi connectivity index (χ0) is 18.6. The van der Waals surface area contributed by atoms with Gasteiger partial charge in [-0.05, 0) is 18.1 Å². The lowest BCUT2D eigenvalue weighted by Crippen LogP contribution is -2.34. The highest BCUT2D eigenvalue weighted by Crippen LogP contribution is 2.15. The normalized spacial score (nSPS) is 14.8. The molecule has 0 saturated carbocycles. The van der Waals surface area contributed by atoms with Crippen molar-refractivity contribution in [2.24, 2.45) is 0 Å². The summed E-state index contributed by atoms with van der Waals surface area (Å²) in [6.45, 7) is 2.19. The second-order valence-electron chi connectivity index (χ2n) is 6.63. The van der Waals surface area contributed by atoms with Crippen LogP contribution in [0, 0.1) is 0 Å². The maximum Gasteiger partial charge on any atom is 0.255 e. The van der Waals surface area contributed by atoms with Gasteiger partial charge in [0.2, 0.25) is 5.91 Å². The van der Waals surface area contributed by atoms with Crippen molar-refractivity contribution in [3.63, 3.8) is 0 Å². The number of hydrogen-bond donors (Lipinski definition) is 1. The van der Waals surface area contributed by atoms with Gasteiger partial charge in [0.15, 0.2) is 5.65 Å². The zero-order valence-corrected chi connectivity index (χ0v) is 15.0. The second kappa shape index (κ2) is 7.57. The average Bonchev–Trinajstić information content (AvgIpc) is 2.98. The van der Waals surface area contributed by atoms with Crippen molar-refractivity contribution in [1.82, 2.24) is 24.8 Å². The van der Waals surface area contributed by atoms with Crippen molar-refractivity contribution in [2.75, 3.05) is 19.6 Å². The minimum atomic E-state index is -0.111. The van der Waals surface area contributed by atoms with Gasteiger partial charge in [0.1, 0.15) is 5.52 Å². The summed E-state index contributed by atoms with van der Waals surface area (Å²) in [5.74, 6) is -0.129. The summed E-state index contributed by atoms with van der Waals surface area (Å²) < 4.78 is 2.01. The van der Waals surface area contributed by atoms with Gasteiger partial charge in [-0.2, -0.15) is 0 Å². The average molecular weight is 363 g/mol. The highest BCUT2D eigenvalue weighted by Gasteiger charge is 2.20. The number of fused-ring (bicyclic) bond motifs is 1. The highest BCUT2D eigenvalue weighted by atomic mass is 16.2. The number of rotatable bonds is 4. The molecular weight excluding hydrogens is 342 g/mol. The summed E-state index contributed by atoms with van der Waals surface area (Å²) >= 11 is 0. The molecule has 1 N–H and O–H groups in total. The molecule has 0 unspecified atom stereocenters. The fourth-order valence-corrected chi connectivity index (χ4v) is 3.28. The van der Waals surface area contributed by atoms with Crippen LogP contribution in [-0.2, 0) is 17.8 Å². The number of aromatic nitrogens is 3. The van der Waals surface area contributed by atoms with Crippen molar-refractivity contribution in [2.45, 2.75) is 19.4 Å². The number of hydrogen-bond acceptors (Lipinski definition) is 4. The maximum atomic E-state index is 12.7. The Morgan fingerprint density at radius 2 is 2.00 bits per heavy atom. The standard InChI is InChI=1S/C20H21N5O2/c26-18-7-10-24(11-8-21-18)20(27)16-12-17-19(22-13-16)25(14-23-17)9-6-15-4-2-1-3-5-15/h1-5,12-14H,6-11H2,(H,21,26). The molecule has 0 spiro atoms. The number of nitrogens with zero attached hydrogens (tertiary/aromatic N) is 4. The van der Waals surface area contributed by atoms with Gasteiger partial charge in [-0.15, -0.1) is 0 Å². The van der Waals surface area contributed by atoms with Gasteiger partial charge >= 0.3 is 0 Å². The Hall–Kier alpha value is -3.22. The molecule has 0 radical (unpaired) electrons. The lowest BCUT2D eigenvalue weighted by atomic mass is 10.1. The van der Waals surface area contributed by atoms with Crippen LogP contribution in [0.4, 0.5) is 0 Å². The Bertz CT molecular complexity index is 967. The number of carbonyl (C=O) groups excluding carboxylic acids is 2. The molecular formula is C20H21N5O2. The SMILES string of the molecule is O=C1CCN(C(=O)c2cnc3c(c2)ncn3CCc2ccccc2)CCN1. The Morgan fingerprint density at radius 3 is 2.85 bits per heavy atom. The lowest BCUT2D eigenvalue weighted by molar-refractivity contribution is -0.120. The summed E-state index contributed by atoms with van der Waals surface area (Å²) in [7, 11) is 0. The van der Waals surface area contributed by atoms with Crippen molar-refractivity contribution in [1.29, 1.82) is 0 Å². The lowest BCUT2D eigenvalue weighted by Gasteiger charge is -2.19. The highest BCUT2D eigenvalue weighted by molar-refractivity contribution is 5.96. The fraction of sp³-hybridized carbons (Fsp3) is 0.300. The molecule has 1 aliphatic heterocycles. The van der Waals surface area contributed by atoms with E-state index < -0.39 is 0 Å². The number of pyridine rings is 1. The first-order valence-corrected chi connectivity index (χ1v) is 9.11. The van der Waals surface area contributed by atoms with Gasteiger partial charge in [0.05, 0.1) is 11.9 Å². The van der Waals surface area contributed by atoms with Crippen molar-refractivity contribution < 1.29 is 9.59 Å². The van der Waals surface area contributed by atoms with Crippen molar-refractivity contribution in [3.05, 3.63) is 60.0 Å². The van der Waals surface area contributed by atoms with Gasteiger partial charge in [0.25, 0.3) is 5.91 Å². The van der Waals surface area contributed by atoms with E-state index in [1.165, 1.54) is 5.56 Å². The Kier molecular flexibility index (Phi) is 4.82. The van der Waals surface area contributed by atoms with E-state index in [1.807, 2.05) is 22.8 Å². The zero-order valence-electron chi connectivity index (χ0n) is 15.0. The molecule has 7 heteroatoms. The number of benzene rings is 1. The van der Waals surface area contributed by atoms with Gasteiger partial charge in [-0.3, -0.25) is 9.59 Å². The second-order valence-corrected chi connectivity index (χ2v) is 6.63. The number of nitrogens with one attached hydrogen (secondary N) is 1. The summed E-state index contributed by atoms with van der Waals surface area (Å²) in [6, 6.07) is 12.1. The number of imidazole rings is 1. The molecule has 2 amide bonds. The van der Waals surface area contributed by atoms with Crippen LogP contribution < -0.4 is 5.32 Å². The van der Waals surface area contributed by atoms with E-state index in [0.717, 1.165) is 18.6 Å². The molecule has 0 aliphatic carbocycles. The van der Waals surface area contributed by atoms with Gasteiger partial charge in [-0.25, -0.2) is 9.97 Å². The molecule has 7 nitrogen and oxygen atoms in total. The third kappa shape index (κ3) is 3.81. The van der Waals surface area contributed by atoms with Crippen molar-refractivity contribution >= 4 is 23.0 Å². The Labute approximate surface area is 157 Å². The van der Waals surface area contributed by atoms with Crippen LogP contribution in [-0.4, -0.2) is 50.9 Å². The Morgan fingerprint density at radius 1 is 1.15 bits per heavy atom. The molecule has 1 saturated heterocycles. The van der Waals surface area contributed by atoms with Gasteiger partial charge < -0.3 is 14.8 Å². The van der Waals surface area contributed by atoms with Crippen LogP contribution in [0.3, 0.4) is 0 Å². The smallest absolute Gasteiger partial charge is 0.255 e. The number of aryl methyl sites for hydroxylation is 2. The summed E-state index contributed by atoms with van der Waals surface area (Å²) in [5.41, 5.74) is 3.24. The predicted octanol–water partition coefficient (Wildman–Crippen LogP) is 1.64. The third-order valence-electron chi connectivity index (χ3n) is 4.79. The molecule has 3 aromatic rings. The molecule has 4 rings (SSSR count). The number of amides is 2. The molecule has 0 bridgehead atoms. The summed E-state index contributed by atoms with van der Waals surface area (Å²) in [6.07, 6.45) is 4.59. The van der Waals surface area contributed by atoms with E-state index in [0.29, 0.717) is 37.1 Å². The van der Waals surface area contributed by atoms with Crippen LogP contribution in [0.5, 0.6) is 0 Å². The summed E-state index contributed by atoms with van der Waals surface area (Å²) in [4.78, 5) is 34.8. The third-order valence-corrected chi connectivity index (χ3v) is 4.79. The molecule has 138 valence electrons. The van der Waals surface area contributed by atoms with E-state index >= 15 is 0 Å². The quantitative estimate of drug-likeness (QED) is 0.764. The van der Waals surface area contributed by atoms with Crippen LogP contribution in [0.1, 0.15) is 22.3 Å². The molecule has 1 aliphatic rings. The first kappa shape index (κ1) is 17.2. The van der Waals surface area contributed by atoms with E-state index in [4.69, 9.17) is 0 Å². The maximum absolute atomic E-state index is 12.7. The minimum Gasteiger partial charge on any atom is -0.354 e. The minimum absolute atomic E-state index is 0.0176. The predicted molar refractivity (Wildman–Crippen MR) is 101 cm³/mol.